The summed E-state index contributed by atoms with van der Waals surface area (Å²) in [6.07, 6.45) is 5.92. The van der Waals surface area contributed by atoms with E-state index < -0.39 is 0 Å². The summed E-state index contributed by atoms with van der Waals surface area (Å²) >= 11 is 1.65. The predicted molar refractivity (Wildman–Crippen MR) is 135 cm³/mol. The van der Waals surface area contributed by atoms with E-state index in [1.54, 1.807) is 17.5 Å². The Morgan fingerprint density at radius 3 is 2.30 bits per heavy atom. The van der Waals surface area contributed by atoms with Gasteiger partial charge in [-0.15, -0.1) is 11.3 Å². The van der Waals surface area contributed by atoms with Crippen LogP contribution in [0.4, 0.5) is 0 Å². The molecule has 0 saturated carbocycles. The molecule has 0 bridgehead atoms. The summed E-state index contributed by atoms with van der Waals surface area (Å²) in [6, 6.07) is 23.2. The Morgan fingerprint density at radius 2 is 1.67 bits per heavy atom. The first-order chi connectivity index (χ1) is 16.0. The molecule has 0 aliphatic heterocycles. The molecule has 1 atom stereocenters. The molecule has 0 radical (unpaired) electrons. The van der Waals surface area contributed by atoms with E-state index in [0.717, 1.165) is 27.7 Å². The lowest BCUT2D eigenvalue weighted by Gasteiger charge is -2.32. The molecular formula is C28H27N3OS. The van der Waals surface area contributed by atoms with E-state index in [9.17, 15) is 0 Å². The Morgan fingerprint density at radius 1 is 0.939 bits per heavy atom. The Labute approximate surface area is 198 Å². The van der Waals surface area contributed by atoms with Gasteiger partial charge in [-0.25, -0.2) is 4.98 Å². The van der Waals surface area contributed by atoms with Gasteiger partial charge in [0, 0.05) is 35.5 Å². The van der Waals surface area contributed by atoms with Crippen LogP contribution in [-0.4, -0.2) is 14.4 Å². The molecule has 0 N–H and O–H groups in total. The third-order valence-corrected chi connectivity index (χ3v) is 6.60. The summed E-state index contributed by atoms with van der Waals surface area (Å²) < 4.78 is 8.00. The van der Waals surface area contributed by atoms with E-state index in [1.165, 1.54) is 11.1 Å². The average Bonchev–Trinajstić information content (AvgIpc) is 3.42. The maximum absolute atomic E-state index is 5.93. The fourth-order valence-corrected chi connectivity index (χ4v) is 5.00. The fraction of sp³-hybridized carbons (Fsp3) is 0.214. The molecule has 33 heavy (non-hydrogen) atoms. The normalized spacial score (nSPS) is 12.7. The first-order valence-corrected chi connectivity index (χ1v) is 12.0. The Balaban J connectivity index is 1.36. The van der Waals surface area contributed by atoms with Gasteiger partial charge in [-0.05, 0) is 40.8 Å². The number of thiazole rings is 1. The molecule has 0 spiro atoms. The Hall–Kier alpha value is -3.44. The molecule has 2 aromatic carbocycles. The van der Waals surface area contributed by atoms with Gasteiger partial charge in [0.1, 0.15) is 12.4 Å². The standard InChI is InChI=1S/C28H27N3OS/c1-28(2,3)26(22-11-13-24(14-12-22)32-19-23-6-4-5-15-29-23)21-9-7-20(8-10-21)25-18-31-16-17-33-27(31)30-25/h4-18,26H,19H2,1-3H3. The van der Waals surface area contributed by atoms with Gasteiger partial charge < -0.3 is 4.74 Å². The van der Waals surface area contributed by atoms with Gasteiger partial charge in [-0.2, -0.15) is 0 Å². The fourth-order valence-electron chi connectivity index (χ4n) is 4.30. The molecule has 5 aromatic rings. The van der Waals surface area contributed by atoms with Crippen molar-refractivity contribution in [1.29, 1.82) is 0 Å². The molecule has 0 saturated heterocycles. The number of hydrogen-bond acceptors (Lipinski definition) is 4. The van der Waals surface area contributed by atoms with Crippen molar-refractivity contribution in [2.75, 3.05) is 0 Å². The second kappa shape index (κ2) is 8.83. The third kappa shape index (κ3) is 4.69. The van der Waals surface area contributed by atoms with Crippen molar-refractivity contribution >= 4 is 16.3 Å². The van der Waals surface area contributed by atoms with Crippen molar-refractivity contribution in [3.05, 3.63) is 108 Å². The van der Waals surface area contributed by atoms with Crippen molar-refractivity contribution in [2.24, 2.45) is 5.41 Å². The number of aromatic nitrogens is 3. The van der Waals surface area contributed by atoms with Crippen molar-refractivity contribution < 1.29 is 4.74 Å². The van der Waals surface area contributed by atoms with Crippen LogP contribution in [0.3, 0.4) is 0 Å². The average molecular weight is 454 g/mol. The third-order valence-electron chi connectivity index (χ3n) is 5.83. The molecule has 3 heterocycles. The zero-order valence-electron chi connectivity index (χ0n) is 19.1. The largest absolute Gasteiger partial charge is 0.487 e. The molecule has 1 unspecified atom stereocenters. The number of imidazole rings is 1. The quantitative estimate of drug-likeness (QED) is 0.273. The molecule has 3 aromatic heterocycles. The van der Waals surface area contributed by atoms with Crippen molar-refractivity contribution in [2.45, 2.75) is 33.3 Å². The van der Waals surface area contributed by atoms with Crippen LogP contribution in [0.5, 0.6) is 5.75 Å². The predicted octanol–water partition coefficient (Wildman–Crippen LogP) is 7.21. The summed E-state index contributed by atoms with van der Waals surface area (Å²) in [5.41, 5.74) is 5.72. The monoisotopic (exact) mass is 453 g/mol. The molecule has 4 nitrogen and oxygen atoms in total. The van der Waals surface area contributed by atoms with E-state index in [0.29, 0.717) is 6.61 Å². The highest BCUT2D eigenvalue weighted by Crippen LogP contribution is 2.41. The number of pyridine rings is 1. The SMILES string of the molecule is CC(C)(C)C(c1ccc(OCc2ccccn2)cc1)c1ccc(-c2cn3ccsc3n2)cc1. The highest BCUT2D eigenvalue weighted by atomic mass is 32.1. The zero-order valence-corrected chi connectivity index (χ0v) is 19.9. The van der Waals surface area contributed by atoms with Gasteiger partial charge in [0.15, 0.2) is 4.96 Å². The van der Waals surface area contributed by atoms with Crippen LogP contribution in [0.2, 0.25) is 0 Å². The van der Waals surface area contributed by atoms with Crippen LogP contribution in [0.25, 0.3) is 16.2 Å². The zero-order chi connectivity index (χ0) is 22.8. The summed E-state index contributed by atoms with van der Waals surface area (Å²) in [5.74, 6) is 1.12. The van der Waals surface area contributed by atoms with Crippen LogP contribution in [0.15, 0.2) is 90.7 Å². The molecule has 0 aliphatic rings. The number of benzene rings is 2. The van der Waals surface area contributed by atoms with E-state index in [4.69, 9.17) is 9.72 Å². The molecule has 0 aliphatic carbocycles. The van der Waals surface area contributed by atoms with Crippen LogP contribution in [-0.2, 0) is 6.61 Å². The van der Waals surface area contributed by atoms with Gasteiger partial charge in [0.05, 0.1) is 11.4 Å². The summed E-state index contributed by atoms with van der Waals surface area (Å²) in [7, 11) is 0. The van der Waals surface area contributed by atoms with Gasteiger partial charge in [0.2, 0.25) is 0 Å². The van der Waals surface area contributed by atoms with Gasteiger partial charge in [-0.1, -0.05) is 63.2 Å². The molecule has 166 valence electrons. The van der Waals surface area contributed by atoms with E-state index >= 15 is 0 Å². The molecule has 0 amide bonds. The van der Waals surface area contributed by atoms with Crippen molar-refractivity contribution in [3.8, 4) is 17.0 Å². The first kappa shape index (κ1) is 21.4. The van der Waals surface area contributed by atoms with Gasteiger partial charge in [0.25, 0.3) is 0 Å². The first-order valence-electron chi connectivity index (χ1n) is 11.1. The van der Waals surface area contributed by atoms with Crippen molar-refractivity contribution in [1.82, 2.24) is 14.4 Å². The number of ether oxygens (including phenoxy) is 1. The minimum absolute atomic E-state index is 0.0644. The smallest absolute Gasteiger partial charge is 0.194 e. The molecular weight excluding hydrogens is 426 g/mol. The van der Waals surface area contributed by atoms with E-state index in [1.807, 2.05) is 24.4 Å². The van der Waals surface area contributed by atoms with Crippen LogP contribution in [0, 0.1) is 5.41 Å². The lowest BCUT2D eigenvalue weighted by atomic mass is 9.72. The lowest BCUT2D eigenvalue weighted by Crippen LogP contribution is -2.19. The topological polar surface area (TPSA) is 39.4 Å². The van der Waals surface area contributed by atoms with Crippen LogP contribution in [0.1, 0.15) is 43.5 Å². The van der Waals surface area contributed by atoms with Crippen LogP contribution < -0.4 is 4.74 Å². The number of hydrogen-bond donors (Lipinski definition) is 0. The molecule has 5 heteroatoms. The van der Waals surface area contributed by atoms with Crippen LogP contribution >= 0.6 is 11.3 Å². The van der Waals surface area contributed by atoms with Crippen molar-refractivity contribution in [3.63, 3.8) is 0 Å². The Kier molecular flexibility index (Phi) is 5.73. The summed E-state index contributed by atoms with van der Waals surface area (Å²) in [5, 5.41) is 2.05. The minimum Gasteiger partial charge on any atom is -0.487 e. The lowest BCUT2D eigenvalue weighted by molar-refractivity contribution is 0.301. The number of fused-ring (bicyclic) bond motifs is 1. The summed E-state index contributed by atoms with van der Waals surface area (Å²) in [6.45, 7) is 7.35. The highest BCUT2D eigenvalue weighted by Gasteiger charge is 2.28. The maximum Gasteiger partial charge on any atom is 0.194 e. The second-order valence-corrected chi connectivity index (χ2v) is 10.2. The molecule has 0 fully saturated rings. The number of nitrogens with zero attached hydrogens (tertiary/aromatic N) is 3. The Bertz CT molecular complexity index is 1300. The number of rotatable bonds is 6. The summed E-state index contributed by atoms with van der Waals surface area (Å²) in [4.78, 5) is 10.1. The second-order valence-electron chi connectivity index (χ2n) is 9.32. The molecule has 5 rings (SSSR count). The highest BCUT2D eigenvalue weighted by molar-refractivity contribution is 7.15. The van der Waals surface area contributed by atoms with E-state index in [-0.39, 0.29) is 11.3 Å². The minimum atomic E-state index is 0.0644. The maximum atomic E-state index is 5.93. The van der Waals surface area contributed by atoms with Gasteiger partial charge >= 0.3 is 0 Å². The van der Waals surface area contributed by atoms with Gasteiger partial charge in [-0.3, -0.25) is 9.38 Å². The van der Waals surface area contributed by atoms with E-state index in [2.05, 4.69) is 90.3 Å².